The maximum atomic E-state index is 12.6. The first-order valence-corrected chi connectivity index (χ1v) is 7.02. The van der Waals surface area contributed by atoms with Crippen molar-refractivity contribution in [1.82, 2.24) is 14.9 Å². The van der Waals surface area contributed by atoms with E-state index in [4.69, 9.17) is 14.2 Å². The van der Waals surface area contributed by atoms with Crippen LogP contribution in [0, 0.1) is 0 Å². The Bertz CT molecular complexity index is 493. The molecule has 1 unspecified atom stereocenters. The van der Waals surface area contributed by atoms with Gasteiger partial charge in [0.25, 0.3) is 0 Å². The Morgan fingerprint density at radius 1 is 1.48 bits per heavy atom. The van der Waals surface area contributed by atoms with Gasteiger partial charge in [0, 0.05) is 13.1 Å². The van der Waals surface area contributed by atoms with Crippen LogP contribution in [0.3, 0.4) is 0 Å². The molecule has 0 amide bonds. The molecule has 0 aliphatic carbocycles. The third kappa shape index (κ3) is 3.68. The highest BCUT2D eigenvalue weighted by molar-refractivity contribution is 5.99. The van der Waals surface area contributed by atoms with Crippen molar-refractivity contribution in [1.29, 1.82) is 0 Å². The number of ketones is 1. The fourth-order valence-electron chi connectivity index (χ4n) is 2.30. The summed E-state index contributed by atoms with van der Waals surface area (Å²) in [7, 11) is 2.93. The van der Waals surface area contributed by atoms with Gasteiger partial charge in [-0.2, -0.15) is 4.98 Å². The number of methoxy groups -OCH3 is 2. The van der Waals surface area contributed by atoms with Gasteiger partial charge >= 0.3 is 0 Å². The number of Topliss-reactive ketones (excluding diaryl/α,β-unsaturated/α-hetero) is 1. The molecule has 0 radical (unpaired) electrons. The van der Waals surface area contributed by atoms with E-state index in [1.807, 2.05) is 0 Å². The van der Waals surface area contributed by atoms with Crippen molar-refractivity contribution >= 4 is 5.78 Å². The molecule has 0 bridgehead atoms. The Kier molecular flexibility index (Phi) is 5.46. The molecule has 0 aromatic carbocycles. The van der Waals surface area contributed by atoms with E-state index in [9.17, 15) is 4.79 Å². The summed E-state index contributed by atoms with van der Waals surface area (Å²) in [5.74, 6) is 0.263. The Hall–Kier alpha value is -1.73. The quantitative estimate of drug-likeness (QED) is 0.718. The van der Waals surface area contributed by atoms with Crippen molar-refractivity contribution in [2.24, 2.45) is 0 Å². The third-order valence-corrected chi connectivity index (χ3v) is 3.34. The van der Waals surface area contributed by atoms with Crippen molar-refractivity contribution in [2.45, 2.75) is 19.4 Å². The number of hydrogen-bond donors (Lipinski definition) is 0. The predicted octanol–water partition coefficient (Wildman–Crippen LogP) is 0.787. The highest BCUT2D eigenvalue weighted by Crippen LogP contribution is 2.20. The van der Waals surface area contributed by atoms with Crippen LogP contribution in [0.1, 0.15) is 23.8 Å². The monoisotopic (exact) mass is 295 g/mol. The molecule has 7 heteroatoms. The molecule has 21 heavy (non-hydrogen) atoms. The Morgan fingerprint density at radius 2 is 2.29 bits per heavy atom. The van der Waals surface area contributed by atoms with Gasteiger partial charge in [-0.1, -0.05) is 6.92 Å². The Balaban J connectivity index is 2.15. The first-order chi connectivity index (χ1) is 10.2. The molecular formula is C14H21N3O4. The zero-order valence-corrected chi connectivity index (χ0v) is 12.7. The summed E-state index contributed by atoms with van der Waals surface area (Å²) in [5, 5.41) is 0. The summed E-state index contributed by atoms with van der Waals surface area (Å²) in [6.45, 7) is 5.04. The molecule has 1 saturated heterocycles. The number of nitrogens with zero attached hydrogens (tertiary/aromatic N) is 3. The van der Waals surface area contributed by atoms with Crippen LogP contribution in [0.5, 0.6) is 11.8 Å². The largest absolute Gasteiger partial charge is 0.480 e. The predicted molar refractivity (Wildman–Crippen MR) is 75.9 cm³/mol. The molecule has 0 saturated carbocycles. The van der Waals surface area contributed by atoms with Gasteiger partial charge in [0.05, 0.1) is 27.0 Å². The Morgan fingerprint density at radius 3 is 2.95 bits per heavy atom. The lowest BCUT2D eigenvalue weighted by molar-refractivity contribution is -0.0167. The van der Waals surface area contributed by atoms with Crippen molar-refractivity contribution in [3.8, 4) is 11.8 Å². The average molecular weight is 295 g/mol. The normalized spacial score (nSPS) is 19.3. The van der Waals surface area contributed by atoms with Crippen LogP contribution in [0.25, 0.3) is 0 Å². The van der Waals surface area contributed by atoms with Gasteiger partial charge in [-0.15, -0.1) is 0 Å². The van der Waals surface area contributed by atoms with Gasteiger partial charge in [-0.05, 0) is 13.0 Å². The molecule has 1 fully saturated rings. The molecular weight excluding hydrogens is 274 g/mol. The highest BCUT2D eigenvalue weighted by atomic mass is 16.5. The second kappa shape index (κ2) is 7.33. The van der Waals surface area contributed by atoms with Crippen molar-refractivity contribution in [3.63, 3.8) is 0 Å². The SMILES string of the molecule is CCCN1CCOC(C(=O)c2ncc(OC)nc2OC)C1. The third-order valence-electron chi connectivity index (χ3n) is 3.34. The fraction of sp³-hybridized carbons (Fsp3) is 0.643. The van der Waals surface area contributed by atoms with E-state index in [1.165, 1.54) is 20.4 Å². The van der Waals surface area contributed by atoms with Gasteiger partial charge in [0.1, 0.15) is 6.10 Å². The van der Waals surface area contributed by atoms with Gasteiger partial charge in [-0.3, -0.25) is 9.69 Å². The number of carbonyl (C=O) groups excluding carboxylic acids is 1. The van der Waals surface area contributed by atoms with Crippen molar-refractivity contribution < 1.29 is 19.0 Å². The lowest BCUT2D eigenvalue weighted by Crippen LogP contribution is -2.46. The van der Waals surface area contributed by atoms with Crippen LogP contribution in [0.15, 0.2) is 6.20 Å². The number of hydrogen-bond acceptors (Lipinski definition) is 7. The van der Waals surface area contributed by atoms with Gasteiger partial charge in [0.2, 0.25) is 17.5 Å². The number of rotatable bonds is 6. The molecule has 0 spiro atoms. The van der Waals surface area contributed by atoms with E-state index in [0.717, 1.165) is 19.5 Å². The Labute approximate surface area is 124 Å². The number of aromatic nitrogens is 2. The van der Waals surface area contributed by atoms with Crippen LogP contribution < -0.4 is 9.47 Å². The molecule has 7 nitrogen and oxygen atoms in total. The molecule has 116 valence electrons. The first kappa shape index (κ1) is 15.7. The lowest BCUT2D eigenvalue weighted by atomic mass is 10.1. The molecule has 1 aromatic heterocycles. The average Bonchev–Trinajstić information content (AvgIpc) is 2.54. The molecule has 0 N–H and O–H groups in total. The minimum Gasteiger partial charge on any atom is -0.480 e. The van der Waals surface area contributed by atoms with E-state index in [0.29, 0.717) is 19.0 Å². The number of morpholine rings is 1. The highest BCUT2D eigenvalue weighted by Gasteiger charge is 2.30. The second-order valence-electron chi connectivity index (χ2n) is 4.79. The van der Waals surface area contributed by atoms with Crippen LogP contribution in [0.4, 0.5) is 0 Å². The van der Waals surface area contributed by atoms with E-state index in [1.54, 1.807) is 0 Å². The van der Waals surface area contributed by atoms with E-state index >= 15 is 0 Å². The van der Waals surface area contributed by atoms with Crippen LogP contribution in [0.2, 0.25) is 0 Å². The van der Waals surface area contributed by atoms with Gasteiger partial charge in [0.15, 0.2) is 5.69 Å². The molecule has 1 atom stereocenters. The fourth-order valence-corrected chi connectivity index (χ4v) is 2.30. The van der Waals surface area contributed by atoms with Crippen LogP contribution >= 0.6 is 0 Å². The van der Waals surface area contributed by atoms with Crippen LogP contribution in [-0.2, 0) is 4.74 Å². The molecule has 1 aliphatic heterocycles. The summed E-state index contributed by atoms with van der Waals surface area (Å²) in [6, 6.07) is 0. The van der Waals surface area contributed by atoms with Crippen molar-refractivity contribution in [3.05, 3.63) is 11.9 Å². The zero-order chi connectivity index (χ0) is 15.2. The molecule has 2 heterocycles. The standard InChI is InChI=1S/C14H21N3O4/c1-4-5-17-6-7-21-10(9-17)13(18)12-14(20-3)16-11(19-2)8-15-12/h8,10H,4-7,9H2,1-3H3. The smallest absolute Gasteiger partial charge is 0.246 e. The summed E-state index contributed by atoms with van der Waals surface area (Å²) < 4.78 is 15.7. The van der Waals surface area contributed by atoms with E-state index in [2.05, 4.69) is 21.8 Å². The maximum Gasteiger partial charge on any atom is 0.246 e. The molecule has 1 aromatic rings. The number of carbonyl (C=O) groups is 1. The minimum atomic E-state index is -0.526. The van der Waals surface area contributed by atoms with E-state index < -0.39 is 6.10 Å². The lowest BCUT2D eigenvalue weighted by Gasteiger charge is -2.31. The zero-order valence-electron chi connectivity index (χ0n) is 12.7. The second-order valence-corrected chi connectivity index (χ2v) is 4.79. The minimum absolute atomic E-state index is 0.163. The first-order valence-electron chi connectivity index (χ1n) is 7.02. The summed E-state index contributed by atoms with van der Waals surface area (Å²) in [4.78, 5) is 23.0. The van der Waals surface area contributed by atoms with Gasteiger partial charge < -0.3 is 14.2 Å². The van der Waals surface area contributed by atoms with Crippen molar-refractivity contribution in [2.75, 3.05) is 40.5 Å². The summed E-state index contributed by atoms with van der Waals surface area (Å²) >= 11 is 0. The number of ether oxygens (including phenoxy) is 3. The van der Waals surface area contributed by atoms with Crippen LogP contribution in [-0.4, -0.2) is 67.2 Å². The molecule has 1 aliphatic rings. The summed E-state index contributed by atoms with van der Waals surface area (Å²) in [5.41, 5.74) is 0.182. The maximum absolute atomic E-state index is 12.6. The molecule has 2 rings (SSSR count). The van der Waals surface area contributed by atoms with E-state index in [-0.39, 0.29) is 17.4 Å². The summed E-state index contributed by atoms with van der Waals surface area (Å²) in [6.07, 6.45) is 1.93. The van der Waals surface area contributed by atoms with Gasteiger partial charge in [-0.25, -0.2) is 4.98 Å². The topological polar surface area (TPSA) is 73.8 Å².